The average molecular weight is 322 g/mol. The van der Waals surface area contributed by atoms with E-state index in [1.807, 2.05) is 0 Å². The monoisotopic (exact) mass is 322 g/mol. The highest BCUT2D eigenvalue weighted by molar-refractivity contribution is 7.89. The van der Waals surface area contributed by atoms with Crippen LogP contribution in [0.5, 0.6) is 0 Å². The molecule has 0 saturated carbocycles. The number of amides is 1. The van der Waals surface area contributed by atoms with Gasteiger partial charge in [0.1, 0.15) is 6.26 Å². The minimum Gasteiger partial charge on any atom is -0.430 e. The Hall–Kier alpha value is -2.45. The van der Waals surface area contributed by atoms with E-state index in [-0.39, 0.29) is 16.4 Å². The first-order chi connectivity index (χ1) is 10.4. The maximum atomic E-state index is 11.8. The minimum absolute atomic E-state index is 0.0413. The standard InChI is InChI=1S/C14H14N2O5S/c15-22(19,20)12-4-1-10(2-5-12)7-8-16-14(18)11-3-6-13(17)21-9-11/h1-6,9H,7-8H2,(H,16,18)(H2,15,19,20). The van der Waals surface area contributed by atoms with Gasteiger partial charge in [-0.15, -0.1) is 0 Å². The van der Waals surface area contributed by atoms with Crippen LogP contribution in [0.25, 0.3) is 0 Å². The van der Waals surface area contributed by atoms with Crippen LogP contribution in [0.15, 0.2) is 56.8 Å². The molecule has 0 saturated heterocycles. The summed E-state index contributed by atoms with van der Waals surface area (Å²) in [4.78, 5) is 22.6. The summed E-state index contributed by atoms with van der Waals surface area (Å²) in [7, 11) is -3.70. The number of nitrogens with one attached hydrogen (secondary N) is 1. The Labute approximate surface area is 126 Å². The normalized spacial score (nSPS) is 11.1. The molecule has 22 heavy (non-hydrogen) atoms. The van der Waals surface area contributed by atoms with Crippen LogP contribution in [0.4, 0.5) is 0 Å². The summed E-state index contributed by atoms with van der Waals surface area (Å²) in [5.41, 5.74) is 0.586. The lowest BCUT2D eigenvalue weighted by molar-refractivity contribution is 0.0951. The molecular weight excluding hydrogens is 308 g/mol. The van der Waals surface area contributed by atoms with Crippen molar-refractivity contribution in [3.63, 3.8) is 0 Å². The molecular formula is C14H14N2O5S. The first-order valence-electron chi connectivity index (χ1n) is 6.35. The summed E-state index contributed by atoms with van der Waals surface area (Å²) in [6.45, 7) is 0.354. The van der Waals surface area contributed by atoms with E-state index in [9.17, 15) is 18.0 Å². The highest BCUT2D eigenvalue weighted by atomic mass is 32.2. The van der Waals surface area contributed by atoms with Gasteiger partial charge in [0.25, 0.3) is 5.91 Å². The topological polar surface area (TPSA) is 119 Å². The summed E-state index contributed by atoms with van der Waals surface area (Å²) in [5, 5.41) is 7.67. The van der Waals surface area contributed by atoms with Gasteiger partial charge in [0, 0.05) is 12.6 Å². The van der Waals surface area contributed by atoms with Crippen molar-refractivity contribution in [2.75, 3.05) is 6.54 Å². The number of rotatable bonds is 5. The van der Waals surface area contributed by atoms with E-state index >= 15 is 0 Å². The van der Waals surface area contributed by atoms with Crippen LogP contribution in [0.2, 0.25) is 0 Å². The fraction of sp³-hybridized carbons (Fsp3) is 0.143. The molecule has 1 aromatic heterocycles. The number of sulfonamides is 1. The van der Waals surface area contributed by atoms with Crippen LogP contribution in [-0.2, 0) is 16.4 Å². The Balaban J connectivity index is 1.89. The predicted octanol–water partition coefficient (Wildman–Crippen LogP) is 0.260. The zero-order chi connectivity index (χ0) is 16.2. The molecule has 2 aromatic rings. The molecule has 1 amide bonds. The van der Waals surface area contributed by atoms with Crippen molar-refractivity contribution in [1.82, 2.24) is 5.32 Å². The van der Waals surface area contributed by atoms with Gasteiger partial charge in [-0.3, -0.25) is 4.79 Å². The highest BCUT2D eigenvalue weighted by Crippen LogP contribution is 2.09. The van der Waals surface area contributed by atoms with Gasteiger partial charge in [-0.1, -0.05) is 12.1 Å². The van der Waals surface area contributed by atoms with Crippen molar-refractivity contribution in [2.24, 2.45) is 5.14 Å². The van der Waals surface area contributed by atoms with Gasteiger partial charge < -0.3 is 9.73 Å². The molecule has 1 aromatic carbocycles. The summed E-state index contributed by atoms with van der Waals surface area (Å²) in [5.74, 6) is -0.357. The molecule has 0 aliphatic heterocycles. The number of carbonyl (C=O) groups is 1. The molecule has 0 bridgehead atoms. The molecule has 0 aliphatic rings. The quantitative estimate of drug-likeness (QED) is 0.818. The first-order valence-corrected chi connectivity index (χ1v) is 7.90. The molecule has 8 heteroatoms. The van der Waals surface area contributed by atoms with Crippen molar-refractivity contribution in [1.29, 1.82) is 0 Å². The summed E-state index contributed by atoms with van der Waals surface area (Å²) in [6.07, 6.45) is 1.62. The number of nitrogens with two attached hydrogens (primary N) is 1. The summed E-state index contributed by atoms with van der Waals surface area (Å²) < 4.78 is 26.8. The second kappa shape index (κ2) is 6.54. The van der Waals surface area contributed by atoms with Crippen molar-refractivity contribution in [3.05, 3.63) is 64.2 Å². The molecule has 0 atom stereocenters. The van der Waals surface area contributed by atoms with E-state index < -0.39 is 15.6 Å². The van der Waals surface area contributed by atoms with Gasteiger partial charge in [0.2, 0.25) is 10.0 Å². The minimum atomic E-state index is -3.70. The van der Waals surface area contributed by atoms with Gasteiger partial charge in [0.15, 0.2) is 0 Å². The summed E-state index contributed by atoms with van der Waals surface area (Å²) in [6, 6.07) is 8.64. The fourth-order valence-corrected chi connectivity index (χ4v) is 2.27. The lowest BCUT2D eigenvalue weighted by atomic mass is 10.1. The van der Waals surface area contributed by atoms with E-state index in [0.29, 0.717) is 13.0 Å². The number of hydrogen-bond donors (Lipinski definition) is 2. The zero-order valence-corrected chi connectivity index (χ0v) is 12.3. The van der Waals surface area contributed by atoms with Crippen LogP contribution >= 0.6 is 0 Å². The lowest BCUT2D eigenvalue weighted by Crippen LogP contribution is -2.26. The van der Waals surface area contributed by atoms with Crippen molar-refractivity contribution < 1.29 is 17.6 Å². The first kappa shape index (κ1) is 15.9. The smallest absolute Gasteiger partial charge is 0.335 e. The molecule has 0 spiro atoms. The second-order valence-electron chi connectivity index (χ2n) is 4.54. The van der Waals surface area contributed by atoms with Gasteiger partial charge in [0.05, 0.1) is 10.5 Å². The van der Waals surface area contributed by atoms with Crippen molar-refractivity contribution in [3.8, 4) is 0 Å². The second-order valence-corrected chi connectivity index (χ2v) is 6.10. The number of hydrogen-bond acceptors (Lipinski definition) is 5. The molecule has 1 heterocycles. The van der Waals surface area contributed by atoms with Crippen LogP contribution in [-0.4, -0.2) is 20.9 Å². The van der Waals surface area contributed by atoms with Gasteiger partial charge in [-0.25, -0.2) is 18.4 Å². The molecule has 7 nitrogen and oxygen atoms in total. The third-order valence-corrected chi connectivity index (χ3v) is 3.84. The Bertz CT molecular complexity index is 805. The molecule has 2 rings (SSSR count). The third-order valence-electron chi connectivity index (χ3n) is 2.91. The summed E-state index contributed by atoms with van der Waals surface area (Å²) >= 11 is 0. The average Bonchev–Trinajstić information content (AvgIpc) is 2.47. The fourth-order valence-electron chi connectivity index (χ4n) is 1.76. The number of carbonyl (C=O) groups excluding carboxylic acids is 1. The van der Waals surface area contributed by atoms with Crippen LogP contribution in [0.1, 0.15) is 15.9 Å². The van der Waals surface area contributed by atoms with E-state index in [1.165, 1.54) is 24.3 Å². The largest absolute Gasteiger partial charge is 0.430 e. The van der Waals surface area contributed by atoms with Crippen molar-refractivity contribution in [2.45, 2.75) is 11.3 Å². The molecule has 0 aliphatic carbocycles. The van der Waals surface area contributed by atoms with Gasteiger partial charge >= 0.3 is 5.63 Å². The Morgan fingerprint density at radius 1 is 1.14 bits per heavy atom. The van der Waals surface area contributed by atoms with E-state index in [1.54, 1.807) is 12.1 Å². The highest BCUT2D eigenvalue weighted by Gasteiger charge is 2.08. The molecule has 116 valence electrons. The van der Waals surface area contributed by atoms with Crippen LogP contribution in [0.3, 0.4) is 0 Å². The lowest BCUT2D eigenvalue weighted by Gasteiger charge is -2.05. The van der Waals surface area contributed by atoms with Gasteiger partial charge in [-0.05, 0) is 30.2 Å². The molecule has 0 fully saturated rings. The van der Waals surface area contributed by atoms with E-state index in [4.69, 9.17) is 5.14 Å². The van der Waals surface area contributed by atoms with E-state index in [2.05, 4.69) is 9.73 Å². The van der Waals surface area contributed by atoms with Gasteiger partial charge in [-0.2, -0.15) is 0 Å². The maximum Gasteiger partial charge on any atom is 0.335 e. The van der Waals surface area contributed by atoms with Crippen LogP contribution < -0.4 is 16.1 Å². The van der Waals surface area contributed by atoms with E-state index in [0.717, 1.165) is 11.8 Å². The predicted molar refractivity (Wildman–Crippen MR) is 78.8 cm³/mol. The van der Waals surface area contributed by atoms with Crippen LogP contribution in [0, 0.1) is 0 Å². The Kier molecular flexibility index (Phi) is 4.74. The SMILES string of the molecule is NS(=O)(=O)c1ccc(CCNC(=O)c2ccc(=O)oc2)cc1. The van der Waals surface area contributed by atoms with Crippen molar-refractivity contribution >= 4 is 15.9 Å². The Morgan fingerprint density at radius 2 is 1.82 bits per heavy atom. The number of benzene rings is 1. The third kappa shape index (κ3) is 4.27. The number of primary sulfonamides is 1. The molecule has 0 radical (unpaired) electrons. The molecule has 0 unspecified atom stereocenters. The zero-order valence-electron chi connectivity index (χ0n) is 11.5. The molecule has 3 N–H and O–H groups in total. The Morgan fingerprint density at radius 3 is 2.36 bits per heavy atom. The maximum absolute atomic E-state index is 11.8.